The van der Waals surface area contributed by atoms with Crippen LogP contribution in [-0.4, -0.2) is 19.3 Å². The molecule has 0 fully saturated rings. The number of rotatable bonds is 2. The van der Waals surface area contributed by atoms with E-state index in [9.17, 15) is 0 Å². The van der Waals surface area contributed by atoms with E-state index in [1.54, 1.807) is 0 Å². The quantitative estimate of drug-likeness (QED) is 0.727. The van der Waals surface area contributed by atoms with Gasteiger partial charge in [0.2, 0.25) is 0 Å². The van der Waals surface area contributed by atoms with Gasteiger partial charge >= 0.3 is 0 Å². The van der Waals surface area contributed by atoms with Crippen LogP contribution in [0.5, 0.6) is 0 Å². The first-order chi connectivity index (χ1) is 9.11. The summed E-state index contributed by atoms with van der Waals surface area (Å²) in [6, 6.07) is 8.44. The first kappa shape index (κ1) is 12.2. The van der Waals surface area contributed by atoms with Crippen molar-refractivity contribution >= 4 is 23.4 Å². The fourth-order valence-electron chi connectivity index (χ4n) is 2.46. The number of aromatic amines is 1. The molecule has 0 saturated heterocycles. The third kappa shape index (κ3) is 1.81. The standard InChI is InChI=1S/C14H16N4S/c1-4-10-6-5-7-11(8-10)18-13-12(15-14(18)19)9(2)16-17(13)3/h5-8H,4H2,1-3H3,(H,15,19). The van der Waals surface area contributed by atoms with E-state index in [1.807, 2.05) is 23.2 Å². The predicted octanol–water partition coefficient (Wildman–Crippen LogP) is 3.29. The van der Waals surface area contributed by atoms with Crippen LogP contribution in [0.1, 0.15) is 18.2 Å². The van der Waals surface area contributed by atoms with E-state index in [1.165, 1.54) is 5.56 Å². The number of hydrogen-bond donors (Lipinski definition) is 1. The van der Waals surface area contributed by atoms with Crippen molar-refractivity contribution < 1.29 is 0 Å². The fraction of sp³-hybridized carbons (Fsp3) is 0.286. The maximum atomic E-state index is 5.45. The molecule has 98 valence electrons. The molecule has 0 spiro atoms. The second-order valence-electron chi connectivity index (χ2n) is 4.70. The topological polar surface area (TPSA) is 38.5 Å². The first-order valence-electron chi connectivity index (χ1n) is 6.35. The number of aromatic nitrogens is 4. The van der Waals surface area contributed by atoms with E-state index in [-0.39, 0.29) is 0 Å². The molecule has 0 atom stereocenters. The van der Waals surface area contributed by atoms with Crippen LogP contribution < -0.4 is 0 Å². The Balaban J connectivity index is 2.35. The molecule has 0 bridgehead atoms. The molecule has 0 radical (unpaired) electrons. The Morgan fingerprint density at radius 2 is 2.16 bits per heavy atom. The van der Waals surface area contributed by atoms with Gasteiger partial charge in [-0.15, -0.1) is 0 Å². The van der Waals surface area contributed by atoms with E-state index in [2.05, 4.69) is 41.3 Å². The predicted molar refractivity (Wildman–Crippen MR) is 79.3 cm³/mol. The van der Waals surface area contributed by atoms with Crippen LogP contribution in [0.15, 0.2) is 24.3 Å². The van der Waals surface area contributed by atoms with E-state index >= 15 is 0 Å². The average molecular weight is 272 g/mol. The molecule has 0 aliphatic carbocycles. The minimum atomic E-state index is 0.708. The summed E-state index contributed by atoms with van der Waals surface area (Å²) < 4.78 is 4.62. The molecule has 0 unspecified atom stereocenters. The summed E-state index contributed by atoms with van der Waals surface area (Å²) in [4.78, 5) is 3.25. The third-order valence-corrected chi connectivity index (χ3v) is 3.70. The monoisotopic (exact) mass is 272 g/mol. The lowest BCUT2D eigenvalue weighted by molar-refractivity contribution is 0.759. The Bertz CT molecular complexity index is 807. The van der Waals surface area contributed by atoms with Gasteiger partial charge in [-0.3, -0.25) is 4.57 Å². The summed E-state index contributed by atoms with van der Waals surface area (Å²) in [6.45, 7) is 4.14. The lowest BCUT2D eigenvalue weighted by atomic mass is 10.1. The van der Waals surface area contributed by atoms with Crippen molar-refractivity contribution in [3.8, 4) is 5.69 Å². The normalized spacial score (nSPS) is 11.3. The van der Waals surface area contributed by atoms with Gasteiger partial charge in [0.05, 0.1) is 11.4 Å². The van der Waals surface area contributed by atoms with Crippen LogP contribution >= 0.6 is 12.2 Å². The molecule has 3 rings (SSSR count). The molecule has 4 nitrogen and oxygen atoms in total. The van der Waals surface area contributed by atoms with E-state index in [4.69, 9.17) is 12.2 Å². The zero-order chi connectivity index (χ0) is 13.6. The maximum absolute atomic E-state index is 5.45. The Morgan fingerprint density at radius 3 is 2.89 bits per heavy atom. The maximum Gasteiger partial charge on any atom is 0.184 e. The molecule has 0 aliphatic heterocycles. The van der Waals surface area contributed by atoms with Gasteiger partial charge in [-0.05, 0) is 43.3 Å². The molecule has 19 heavy (non-hydrogen) atoms. The highest BCUT2D eigenvalue weighted by Gasteiger charge is 2.13. The minimum absolute atomic E-state index is 0.708. The van der Waals surface area contributed by atoms with Gasteiger partial charge in [-0.25, -0.2) is 4.68 Å². The SMILES string of the molecule is CCc1cccc(-n2c(=S)[nH]c3c(C)nn(C)c32)c1. The second-order valence-corrected chi connectivity index (χ2v) is 5.08. The summed E-state index contributed by atoms with van der Waals surface area (Å²) >= 11 is 5.45. The molecule has 0 saturated carbocycles. The van der Waals surface area contributed by atoms with Crippen LogP contribution in [0.25, 0.3) is 16.9 Å². The van der Waals surface area contributed by atoms with Gasteiger partial charge in [-0.1, -0.05) is 19.1 Å². The molecule has 0 aliphatic rings. The van der Waals surface area contributed by atoms with Gasteiger partial charge in [0, 0.05) is 7.05 Å². The Labute approximate surface area is 116 Å². The van der Waals surface area contributed by atoms with Crippen molar-refractivity contribution in [2.75, 3.05) is 0 Å². The summed E-state index contributed by atoms with van der Waals surface area (Å²) in [5.74, 6) is 0. The van der Waals surface area contributed by atoms with Gasteiger partial charge < -0.3 is 4.98 Å². The van der Waals surface area contributed by atoms with Gasteiger partial charge in [-0.2, -0.15) is 5.10 Å². The summed E-state index contributed by atoms with van der Waals surface area (Å²) in [6.07, 6.45) is 1.01. The number of H-pyrrole nitrogens is 1. The highest BCUT2D eigenvalue weighted by atomic mass is 32.1. The Kier molecular flexibility index (Phi) is 2.78. The van der Waals surface area contributed by atoms with Crippen molar-refractivity contribution in [2.45, 2.75) is 20.3 Å². The molecular formula is C14H16N4S. The van der Waals surface area contributed by atoms with Crippen molar-refractivity contribution in [1.82, 2.24) is 19.3 Å². The molecule has 2 heterocycles. The fourth-order valence-corrected chi connectivity index (χ4v) is 2.76. The Morgan fingerprint density at radius 1 is 1.37 bits per heavy atom. The molecular weight excluding hydrogens is 256 g/mol. The summed E-state index contributed by atoms with van der Waals surface area (Å²) in [5.41, 5.74) is 5.37. The van der Waals surface area contributed by atoms with Gasteiger partial charge in [0.1, 0.15) is 5.52 Å². The second kappa shape index (κ2) is 4.35. The molecule has 1 N–H and O–H groups in total. The first-order valence-corrected chi connectivity index (χ1v) is 6.76. The number of imidazole rings is 1. The molecule has 1 aromatic carbocycles. The molecule has 2 aromatic heterocycles. The summed E-state index contributed by atoms with van der Waals surface area (Å²) in [7, 11) is 1.94. The number of hydrogen-bond acceptors (Lipinski definition) is 2. The smallest absolute Gasteiger partial charge is 0.184 e. The number of aryl methyl sites for hydroxylation is 3. The number of nitrogens with zero attached hydrogens (tertiary/aromatic N) is 3. The van der Waals surface area contributed by atoms with Crippen molar-refractivity contribution in [1.29, 1.82) is 0 Å². The van der Waals surface area contributed by atoms with E-state index < -0.39 is 0 Å². The third-order valence-electron chi connectivity index (χ3n) is 3.42. The number of nitrogens with one attached hydrogen (secondary N) is 1. The largest absolute Gasteiger partial charge is 0.327 e. The molecule has 5 heteroatoms. The van der Waals surface area contributed by atoms with Crippen LogP contribution in [0.3, 0.4) is 0 Å². The number of fused-ring (bicyclic) bond motifs is 1. The molecule has 0 amide bonds. The highest BCUT2D eigenvalue weighted by molar-refractivity contribution is 7.71. The van der Waals surface area contributed by atoms with Gasteiger partial charge in [0.15, 0.2) is 10.4 Å². The number of benzene rings is 1. The lowest BCUT2D eigenvalue weighted by Crippen LogP contribution is -2.01. The van der Waals surface area contributed by atoms with E-state index in [0.29, 0.717) is 4.77 Å². The Hall–Kier alpha value is -1.88. The van der Waals surface area contributed by atoms with Crippen molar-refractivity contribution in [3.63, 3.8) is 0 Å². The van der Waals surface area contributed by atoms with Crippen LogP contribution in [0, 0.1) is 11.7 Å². The van der Waals surface area contributed by atoms with Crippen LogP contribution in [0.4, 0.5) is 0 Å². The summed E-state index contributed by atoms with van der Waals surface area (Å²) in [5, 5.41) is 4.44. The van der Waals surface area contributed by atoms with E-state index in [0.717, 1.165) is 29.0 Å². The minimum Gasteiger partial charge on any atom is -0.327 e. The highest BCUT2D eigenvalue weighted by Crippen LogP contribution is 2.22. The zero-order valence-electron chi connectivity index (χ0n) is 11.3. The van der Waals surface area contributed by atoms with Crippen LogP contribution in [0.2, 0.25) is 0 Å². The van der Waals surface area contributed by atoms with Crippen LogP contribution in [-0.2, 0) is 13.5 Å². The van der Waals surface area contributed by atoms with Crippen molar-refractivity contribution in [2.24, 2.45) is 7.05 Å². The van der Waals surface area contributed by atoms with Gasteiger partial charge in [0.25, 0.3) is 0 Å². The average Bonchev–Trinajstić information content (AvgIpc) is 2.88. The lowest BCUT2D eigenvalue weighted by Gasteiger charge is -2.06. The zero-order valence-corrected chi connectivity index (χ0v) is 12.1. The van der Waals surface area contributed by atoms with Crippen molar-refractivity contribution in [3.05, 3.63) is 40.3 Å². The molecule has 3 aromatic rings.